The number of rotatable bonds is 8. The van der Waals surface area contributed by atoms with Crippen LogP contribution in [-0.2, 0) is 14.3 Å². The zero-order chi connectivity index (χ0) is 17.8. The summed E-state index contributed by atoms with van der Waals surface area (Å²) in [5, 5.41) is 4.60. The maximum Gasteiger partial charge on any atom is 0.331 e. The fourth-order valence-electron chi connectivity index (χ4n) is 1.68. The Kier molecular flexibility index (Phi) is 8.67. The Morgan fingerprint density at radius 1 is 1.25 bits per heavy atom. The third kappa shape index (κ3) is 7.98. The van der Waals surface area contributed by atoms with E-state index in [0.717, 1.165) is 18.4 Å². The van der Waals surface area contributed by atoms with Crippen molar-refractivity contribution < 1.29 is 23.9 Å². The molecule has 0 heterocycles. The topological polar surface area (TPSA) is 93.7 Å². The molecule has 0 atom stereocenters. The lowest BCUT2D eigenvalue weighted by Gasteiger charge is -2.06. The number of urea groups is 1. The average Bonchev–Trinajstić information content (AvgIpc) is 2.58. The van der Waals surface area contributed by atoms with Gasteiger partial charge < -0.3 is 14.8 Å². The molecule has 0 aliphatic rings. The second kappa shape index (κ2) is 10.8. The van der Waals surface area contributed by atoms with E-state index in [-0.39, 0.29) is 0 Å². The monoisotopic (exact) mass is 334 g/mol. The van der Waals surface area contributed by atoms with Gasteiger partial charge in [0, 0.05) is 12.6 Å². The Bertz CT molecular complexity index is 598. The molecule has 1 aromatic carbocycles. The number of methoxy groups -OCH3 is 1. The van der Waals surface area contributed by atoms with Crippen LogP contribution in [-0.4, -0.2) is 38.2 Å². The van der Waals surface area contributed by atoms with Crippen LogP contribution in [0.5, 0.6) is 5.75 Å². The van der Waals surface area contributed by atoms with Crippen LogP contribution in [0.1, 0.15) is 25.3 Å². The number of esters is 1. The van der Waals surface area contributed by atoms with E-state index in [1.807, 2.05) is 6.92 Å². The fourth-order valence-corrected chi connectivity index (χ4v) is 1.68. The number of carbonyl (C=O) groups is 3. The molecule has 1 rings (SSSR count). The van der Waals surface area contributed by atoms with Gasteiger partial charge in [0.25, 0.3) is 5.91 Å². The SMILES string of the molecule is CCCCNC(=O)NC(=O)COC(=O)/C=C/c1cccc(OC)c1. The van der Waals surface area contributed by atoms with Crippen molar-refractivity contribution in [2.24, 2.45) is 0 Å². The maximum absolute atomic E-state index is 11.6. The van der Waals surface area contributed by atoms with Gasteiger partial charge in [-0.05, 0) is 30.2 Å². The molecule has 0 radical (unpaired) electrons. The minimum Gasteiger partial charge on any atom is -0.497 e. The van der Waals surface area contributed by atoms with Crippen LogP contribution in [0.25, 0.3) is 6.08 Å². The molecule has 0 aliphatic carbocycles. The van der Waals surface area contributed by atoms with Gasteiger partial charge in [-0.15, -0.1) is 0 Å². The van der Waals surface area contributed by atoms with Gasteiger partial charge in [0.1, 0.15) is 5.75 Å². The summed E-state index contributed by atoms with van der Waals surface area (Å²) >= 11 is 0. The first-order valence-electron chi connectivity index (χ1n) is 7.61. The molecule has 0 saturated carbocycles. The number of nitrogens with one attached hydrogen (secondary N) is 2. The summed E-state index contributed by atoms with van der Waals surface area (Å²) in [6, 6.07) is 6.51. The highest BCUT2D eigenvalue weighted by atomic mass is 16.5. The van der Waals surface area contributed by atoms with E-state index < -0.39 is 24.5 Å². The first-order valence-corrected chi connectivity index (χ1v) is 7.61. The van der Waals surface area contributed by atoms with E-state index in [1.165, 1.54) is 6.08 Å². The summed E-state index contributed by atoms with van der Waals surface area (Å²) in [6.45, 7) is 1.95. The highest BCUT2D eigenvalue weighted by Crippen LogP contribution is 2.13. The Morgan fingerprint density at radius 3 is 2.75 bits per heavy atom. The minimum atomic E-state index is -0.688. The van der Waals surface area contributed by atoms with Gasteiger partial charge in [0.05, 0.1) is 7.11 Å². The Morgan fingerprint density at radius 2 is 2.04 bits per heavy atom. The molecule has 3 amide bonds. The van der Waals surface area contributed by atoms with Gasteiger partial charge in [0.15, 0.2) is 6.61 Å². The molecule has 2 N–H and O–H groups in total. The van der Waals surface area contributed by atoms with Gasteiger partial charge in [-0.25, -0.2) is 9.59 Å². The molecule has 0 aromatic heterocycles. The van der Waals surface area contributed by atoms with Crippen molar-refractivity contribution >= 4 is 24.0 Å². The van der Waals surface area contributed by atoms with Crippen molar-refractivity contribution in [2.45, 2.75) is 19.8 Å². The summed E-state index contributed by atoms with van der Waals surface area (Å²) in [5.41, 5.74) is 0.756. The third-order valence-corrected chi connectivity index (χ3v) is 2.92. The maximum atomic E-state index is 11.6. The molecule has 24 heavy (non-hydrogen) atoms. The van der Waals surface area contributed by atoms with E-state index in [0.29, 0.717) is 12.3 Å². The zero-order valence-corrected chi connectivity index (χ0v) is 13.8. The predicted molar refractivity (Wildman–Crippen MR) is 89.4 cm³/mol. The van der Waals surface area contributed by atoms with Crippen molar-refractivity contribution in [3.8, 4) is 5.75 Å². The highest BCUT2D eigenvalue weighted by molar-refractivity contribution is 5.96. The average molecular weight is 334 g/mol. The third-order valence-electron chi connectivity index (χ3n) is 2.92. The Balaban J connectivity index is 2.33. The van der Waals surface area contributed by atoms with Crippen molar-refractivity contribution in [2.75, 3.05) is 20.3 Å². The molecule has 0 spiro atoms. The quantitative estimate of drug-likeness (QED) is 0.430. The zero-order valence-electron chi connectivity index (χ0n) is 13.8. The molecule has 0 bridgehead atoms. The second-order valence-corrected chi connectivity index (χ2v) is 4.88. The first-order chi connectivity index (χ1) is 11.5. The van der Waals surface area contributed by atoms with E-state index >= 15 is 0 Å². The number of carbonyl (C=O) groups excluding carboxylic acids is 3. The lowest BCUT2D eigenvalue weighted by Crippen LogP contribution is -2.41. The smallest absolute Gasteiger partial charge is 0.331 e. The van der Waals surface area contributed by atoms with Crippen LogP contribution in [0.4, 0.5) is 4.79 Å². The molecule has 0 saturated heterocycles. The summed E-state index contributed by atoms with van der Waals surface area (Å²) in [6.07, 6.45) is 4.50. The summed E-state index contributed by atoms with van der Waals surface area (Å²) in [4.78, 5) is 34.3. The number of hydrogen-bond acceptors (Lipinski definition) is 5. The summed E-state index contributed by atoms with van der Waals surface area (Å²) in [7, 11) is 1.55. The van der Waals surface area contributed by atoms with Crippen LogP contribution < -0.4 is 15.4 Å². The number of hydrogen-bond donors (Lipinski definition) is 2. The van der Waals surface area contributed by atoms with Crippen LogP contribution in [0.2, 0.25) is 0 Å². The van der Waals surface area contributed by atoms with Gasteiger partial charge in [-0.2, -0.15) is 0 Å². The van der Waals surface area contributed by atoms with Crippen molar-refractivity contribution in [3.05, 3.63) is 35.9 Å². The van der Waals surface area contributed by atoms with Crippen LogP contribution in [0, 0.1) is 0 Å². The molecule has 0 aliphatic heterocycles. The fraction of sp³-hybridized carbons (Fsp3) is 0.353. The molecule has 0 unspecified atom stereocenters. The first kappa shape index (κ1) is 19.2. The lowest BCUT2D eigenvalue weighted by atomic mass is 10.2. The standard InChI is InChI=1S/C17H22N2O5/c1-3-4-10-18-17(22)19-15(20)12-24-16(21)9-8-13-6-5-7-14(11-13)23-2/h5-9,11H,3-4,10,12H2,1-2H3,(H2,18,19,20,22)/b9-8+. The lowest BCUT2D eigenvalue weighted by molar-refractivity contribution is -0.143. The largest absolute Gasteiger partial charge is 0.497 e. The van der Waals surface area contributed by atoms with Crippen molar-refractivity contribution in [1.29, 1.82) is 0 Å². The van der Waals surface area contributed by atoms with Gasteiger partial charge >= 0.3 is 12.0 Å². The number of amides is 3. The molecule has 130 valence electrons. The van der Waals surface area contributed by atoms with Crippen molar-refractivity contribution in [1.82, 2.24) is 10.6 Å². The van der Waals surface area contributed by atoms with E-state index in [1.54, 1.807) is 37.5 Å². The molecule has 7 heteroatoms. The van der Waals surface area contributed by atoms with Crippen LogP contribution in [0.15, 0.2) is 30.3 Å². The van der Waals surface area contributed by atoms with Gasteiger partial charge in [0.2, 0.25) is 0 Å². The minimum absolute atomic E-state index is 0.485. The van der Waals surface area contributed by atoms with Crippen LogP contribution in [0.3, 0.4) is 0 Å². The number of imide groups is 1. The van der Waals surface area contributed by atoms with Gasteiger partial charge in [-0.3, -0.25) is 10.1 Å². The Hall–Kier alpha value is -2.83. The van der Waals surface area contributed by atoms with E-state index in [4.69, 9.17) is 9.47 Å². The predicted octanol–water partition coefficient (Wildman–Crippen LogP) is 1.88. The number of unbranched alkanes of at least 4 members (excludes halogenated alkanes) is 1. The molecule has 1 aromatic rings. The van der Waals surface area contributed by atoms with Crippen molar-refractivity contribution in [3.63, 3.8) is 0 Å². The normalized spacial score (nSPS) is 10.2. The van der Waals surface area contributed by atoms with Gasteiger partial charge in [-0.1, -0.05) is 25.5 Å². The molecule has 0 fully saturated rings. The number of benzene rings is 1. The molecular weight excluding hydrogens is 312 g/mol. The second-order valence-electron chi connectivity index (χ2n) is 4.88. The molecule has 7 nitrogen and oxygen atoms in total. The molecular formula is C17H22N2O5. The Labute approximate surface area is 141 Å². The van der Waals surface area contributed by atoms with Crippen LogP contribution >= 0.6 is 0 Å². The highest BCUT2D eigenvalue weighted by Gasteiger charge is 2.09. The van der Waals surface area contributed by atoms with E-state index in [2.05, 4.69) is 10.6 Å². The summed E-state index contributed by atoms with van der Waals surface area (Å²) < 4.78 is 9.83. The number of ether oxygens (including phenoxy) is 2. The van der Waals surface area contributed by atoms with E-state index in [9.17, 15) is 14.4 Å². The summed E-state index contributed by atoms with van der Waals surface area (Å²) in [5.74, 6) is -0.703.